The van der Waals surface area contributed by atoms with Gasteiger partial charge in [-0.2, -0.15) is 0 Å². The number of hydrogen-bond donors (Lipinski definition) is 3. The van der Waals surface area contributed by atoms with Crippen LogP contribution in [-0.2, 0) is 22.6 Å². The monoisotopic (exact) mass is 503 g/mol. The highest BCUT2D eigenvalue weighted by Crippen LogP contribution is 2.26. The smallest absolute Gasteiger partial charge is 0.254 e. The van der Waals surface area contributed by atoms with Gasteiger partial charge in [0.15, 0.2) is 11.6 Å². The van der Waals surface area contributed by atoms with E-state index in [4.69, 9.17) is 26.4 Å². The van der Waals surface area contributed by atoms with E-state index in [-0.39, 0.29) is 41.8 Å². The number of halogens is 1. The molecule has 5 N–H and O–H groups in total. The van der Waals surface area contributed by atoms with Gasteiger partial charge in [0.2, 0.25) is 5.78 Å². The maximum absolute atomic E-state index is 14.4. The number of allylic oxidation sites excluding steroid dienone is 1. The molecule has 9 nitrogen and oxygen atoms in total. The van der Waals surface area contributed by atoms with Crippen molar-refractivity contribution in [3.63, 3.8) is 0 Å². The molecule has 0 radical (unpaired) electrons. The normalized spacial score (nSPS) is 12.8. The van der Waals surface area contributed by atoms with E-state index in [1.54, 1.807) is 41.6 Å². The number of nitrogens with two attached hydrogens (primary N) is 2. The number of aromatic nitrogens is 1. The summed E-state index contributed by atoms with van der Waals surface area (Å²) in [7, 11) is 1.49. The van der Waals surface area contributed by atoms with E-state index in [0.717, 1.165) is 23.3 Å². The van der Waals surface area contributed by atoms with Gasteiger partial charge in [-0.15, -0.1) is 0 Å². The van der Waals surface area contributed by atoms with Gasteiger partial charge in [0.1, 0.15) is 12.3 Å². The van der Waals surface area contributed by atoms with E-state index in [1.165, 1.54) is 13.2 Å². The molecule has 0 spiro atoms. The van der Waals surface area contributed by atoms with Crippen molar-refractivity contribution < 1.29 is 23.5 Å². The lowest BCUT2D eigenvalue weighted by Gasteiger charge is -2.15. The third-order valence-electron chi connectivity index (χ3n) is 5.93. The fourth-order valence-corrected chi connectivity index (χ4v) is 3.91. The lowest BCUT2D eigenvalue weighted by atomic mass is 10.0. The number of fused-ring (bicyclic) bond motifs is 1. The highest BCUT2D eigenvalue weighted by molar-refractivity contribution is 6.50. The first-order valence-corrected chi connectivity index (χ1v) is 11.4. The first-order valence-electron chi connectivity index (χ1n) is 11.4. The molecule has 0 atom stereocenters. The molecule has 10 heteroatoms. The Bertz CT molecular complexity index is 1360. The zero-order chi connectivity index (χ0) is 26.5. The lowest BCUT2D eigenvalue weighted by molar-refractivity contribution is -0.108. The Balaban J connectivity index is 1.43. The second-order valence-electron chi connectivity index (χ2n) is 8.43. The minimum Gasteiger partial charge on any atom is -0.488 e. The largest absolute Gasteiger partial charge is 0.488 e. The molecule has 1 amide bonds. The van der Waals surface area contributed by atoms with Crippen molar-refractivity contribution in [2.45, 2.75) is 13.1 Å². The molecule has 0 bridgehead atoms. The highest BCUT2D eigenvalue weighted by atomic mass is 19.1. The van der Waals surface area contributed by atoms with Gasteiger partial charge < -0.3 is 25.8 Å². The quantitative estimate of drug-likeness (QED) is 0.176. The van der Waals surface area contributed by atoms with Gasteiger partial charge in [-0.1, -0.05) is 12.1 Å². The number of amides is 1. The van der Waals surface area contributed by atoms with E-state index in [1.807, 2.05) is 6.07 Å². The summed E-state index contributed by atoms with van der Waals surface area (Å²) in [6, 6.07) is 10.6. The molecule has 2 heterocycles. The van der Waals surface area contributed by atoms with Gasteiger partial charge in [0, 0.05) is 67.2 Å². The second kappa shape index (κ2) is 11.0. The Labute approximate surface area is 213 Å². The summed E-state index contributed by atoms with van der Waals surface area (Å²) in [6.45, 7) is 1.39. The number of nitrogens with zero attached hydrogens (tertiary/aromatic N) is 2. The van der Waals surface area contributed by atoms with Crippen molar-refractivity contribution >= 4 is 28.8 Å². The van der Waals surface area contributed by atoms with Gasteiger partial charge in [0.05, 0.1) is 6.61 Å². The number of hydrogen-bond acceptors (Lipinski definition) is 8. The molecule has 1 aromatic heterocycles. The fraction of sp³-hybridized carbons (Fsp3) is 0.185. The minimum atomic E-state index is -0.757. The first-order chi connectivity index (χ1) is 17.8. The molecule has 4 rings (SSSR count). The molecule has 0 fully saturated rings. The number of nitrogens with one attached hydrogen (secondary N) is 1. The van der Waals surface area contributed by atoms with Gasteiger partial charge in [-0.25, -0.2) is 4.39 Å². The summed E-state index contributed by atoms with van der Waals surface area (Å²) >= 11 is 0. The topological polar surface area (TPSA) is 145 Å². The van der Waals surface area contributed by atoms with Crippen molar-refractivity contribution in [2.75, 3.05) is 26.1 Å². The number of carbonyl (C=O) groups excluding carboxylic acids is 2. The summed E-state index contributed by atoms with van der Waals surface area (Å²) in [5, 5.41) is 8.20. The Hall–Kier alpha value is -4.57. The lowest BCUT2D eigenvalue weighted by Crippen LogP contribution is -2.25. The number of nitrogen functional groups attached to an aromatic ring is 1. The fourth-order valence-electron chi connectivity index (χ4n) is 3.91. The van der Waals surface area contributed by atoms with Crippen molar-refractivity contribution in [2.24, 2.45) is 5.73 Å². The van der Waals surface area contributed by atoms with Crippen LogP contribution < -0.4 is 16.2 Å². The maximum atomic E-state index is 14.4. The molecule has 3 aromatic rings. The van der Waals surface area contributed by atoms with Crippen LogP contribution in [0.4, 0.5) is 10.1 Å². The number of methoxy groups -OCH3 is 1. The van der Waals surface area contributed by atoms with Gasteiger partial charge >= 0.3 is 0 Å². The first kappa shape index (κ1) is 25.5. The summed E-state index contributed by atoms with van der Waals surface area (Å²) in [5.41, 5.74) is 14.6. The highest BCUT2D eigenvalue weighted by Gasteiger charge is 2.24. The average Bonchev–Trinajstić information content (AvgIpc) is 3.34. The molecular weight excluding hydrogens is 477 g/mol. The van der Waals surface area contributed by atoms with Crippen LogP contribution in [-0.4, -0.2) is 47.6 Å². The average molecular weight is 504 g/mol. The molecular formula is C27H26FN5O4. The summed E-state index contributed by atoms with van der Waals surface area (Å²) in [4.78, 5) is 31.4. The zero-order valence-corrected chi connectivity index (χ0v) is 20.2. The SMILES string of the molecule is COCCOc1cc(N)c(C(=N)C(=O)/C=C(\N)c2ccc(C(=O)N3Cc4ccncc4C3)cc2)cc1F. The van der Waals surface area contributed by atoms with Crippen LogP contribution in [0.2, 0.25) is 0 Å². The van der Waals surface area contributed by atoms with Crippen LogP contribution in [0.25, 0.3) is 5.70 Å². The van der Waals surface area contributed by atoms with Gasteiger partial charge in [-0.3, -0.25) is 20.0 Å². The van der Waals surface area contributed by atoms with Crippen LogP contribution in [0.1, 0.15) is 32.6 Å². The Morgan fingerprint density at radius 3 is 2.51 bits per heavy atom. The van der Waals surface area contributed by atoms with E-state index in [2.05, 4.69) is 4.98 Å². The van der Waals surface area contributed by atoms with Crippen LogP contribution in [0.3, 0.4) is 0 Å². The molecule has 0 unspecified atom stereocenters. The third-order valence-corrected chi connectivity index (χ3v) is 5.93. The van der Waals surface area contributed by atoms with E-state index in [0.29, 0.717) is 24.2 Å². The minimum absolute atomic E-state index is 0.0156. The third kappa shape index (κ3) is 5.65. The van der Waals surface area contributed by atoms with Crippen molar-refractivity contribution in [1.82, 2.24) is 9.88 Å². The summed E-state index contributed by atoms with van der Waals surface area (Å²) in [6.07, 6.45) is 4.54. The predicted octanol–water partition coefficient (Wildman–Crippen LogP) is 2.92. The van der Waals surface area contributed by atoms with E-state index < -0.39 is 17.3 Å². The molecule has 0 saturated heterocycles. The van der Waals surface area contributed by atoms with Crippen molar-refractivity contribution in [1.29, 1.82) is 5.41 Å². The number of ketones is 1. The Morgan fingerprint density at radius 1 is 1.11 bits per heavy atom. The van der Waals surface area contributed by atoms with Crippen LogP contribution in [0, 0.1) is 11.2 Å². The zero-order valence-electron chi connectivity index (χ0n) is 20.2. The van der Waals surface area contributed by atoms with Crippen LogP contribution >= 0.6 is 0 Å². The van der Waals surface area contributed by atoms with Crippen LogP contribution in [0.5, 0.6) is 5.75 Å². The number of anilines is 1. The number of carbonyl (C=O) groups is 2. The van der Waals surface area contributed by atoms with Crippen molar-refractivity contribution in [3.05, 3.63) is 94.6 Å². The molecule has 1 aliphatic heterocycles. The number of benzene rings is 2. The summed E-state index contributed by atoms with van der Waals surface area (Å²) in [5.74, 6) is -1.74. The summed E-state index contributed by atoms with van der Waals surface area (Å²) < 4.78 is 24.5. The van der Waals surface area contributed by atoms with E-state index in [9.17, 15) is 14.0 Å². The molecule has 1 aliphatic rings. The molecule has 0 saturated carbocycles. The number of rotatable bonds is 9. The molecule has 0 aliphatic carbocycles. The Kier molecular flexibility index (Phi) is 7.59. The number of ether oxygens (including phenoxy) is 2. The molecule has 2 aromatic carbocycles. The molecule has 190 valence electrons. The number of pyridine rings is 1. The maximum Gasteiger partial charge on any atom is 0.254 e. The van der Waals surface area contributed by atoms with Gasteiger partial charge in [-0.05, 0) is 41.0 Å². The molecule has 37 heavy (non-hydrogen) atoms. The standard InChI is InChI=1S/C27H26FN5O4/c1-36-8-9-37-25-12-23(30)20(10-21(25)28)26(31)24(34)11-22(29)16-2-4-17(5-3-16)27(35)33-14-18-6-7-32-13-19(18)15-33/h2-7,10-13,31H,8-9,14-15,29-30H2,1H3/b22-11-,31-26?. The second-order valence-corrected chi connectivity index (χ2v) is 8.43. The van der Waals surface area contributed by atoms with Gasteiger partial charge in [0.25, 0.3) is 5.91 Å². The predicted molar refractivity (Wildman–Crippen MR) is 136 cm³/mol. The van der Waals surface area contributed by atoms with Crippen molar-refractivity contribution in [3.8, 4) is 5.75 Å². The van der Waals surface area contributed by atoms with Crippen LogP contribution in [0.15, 0.2) is 60.9 Å². The Morgan fingerprint density at radius 2 is 1.81 bits per heavy atom. The van der Waals surface area contributed by atoms with E-state index >= 15 is 0 Å².